The lowest BCUT2D eigenvalue weighted by Gasteiger charge is -2.33. The van der Waals surface area contributed by atoms with Crippen LogP contribution in [0.5, 0.6) is 5.75 Å². The minimum Gasteiger partial charge on any atom is -0.496 e. The van der Waals surface area contributed by atoms with Gasteiger partial charge in [0.2, 0.25) is 41.4 Å². The largest absolute Gasteiger partial charge is 0.496 e. The Labute approximate surface area is 536 Å². The number of nitrogens with zero attached hydrogens (tertiary/aromatic N) is 1. The summed E-state index contributed by atoms with van der Waals surface area (Å²) in [5.41, 5.74) is 15.6. The van der Waals surface area contributed by atoms with E-state index in [1.807, 2.05) is 48.5 Å². The molecule has 7 amide bonds. The minimum absolute atomic E-state index is 0.0442. The second-order valence-corrected chi connectivity index (χ2v) is 26.1. The van der Waals surface area contributed by atoms with E-state index in [0.717, 1.165) is 22.3 Å². The molecule has 0 aromatic heterocycles. The van der Waals surface area contributed by atoms with E-state index >= 15 is 0 Å². The van der Waals surface area contributed by atoms with Gasteiger partial charge in [-0.25, -0.2) is 22.7 Å². The monoisotopic (exact) mass is 1300 g/mol. The maximum absolute atomic E-state index is 14.8. The summed E-state index contributed by atoms with van der Waals surface area (Å²) in [6, 6.07) is 16.0. The Morgan fingerprint density at radius 1 is 0.641 bits per heavy atom. The average Bonchev–Trinajstić information content (AvgIpc) is 1.53. The third-order valence-electron chi connectivity index (χ3n) is 14.8. The Kier molecular flexibility index (Phi) is 26.2. The number of carbonyl (C=O) groups excluding carboxylic acids is 8. The van der Waals surface area contributed by atoms with Crippen LogP contribution in [0.4, 0.5) is 4.79 Å². The van der Waals surface area contributed by atoms with Gasteiger partial charge >= 0.3 is 18.0 Å². The van der Waals surface area contributed by atoms with Gasteiger partial charge in [0.15, 0.2) is 0 Å². The van der Waals surface area contributed by atoms with Gasteiger partial charge in [-0.05, 0) is 152 Å². The van der Waals surface area contributed by atoms with E-state index in [-0.39, 0.29) is 49.6 Å². The quantitative estimate of drug-likeness (QED) is 0.0146. The van der Waals surface area contributed by atoms with Crippen molar-refractivity contribution in [1.29, 1.82) is 0 Å². The van der Waals surface area contributed by atoms with E-state index < -0.39 is 142 Å². The summed E-state index contributed by atoms with van der Waals surface area (Å²) in [5.74, 6) is -8.38. The Morgan fingerprint density at radius 3 is 1.72 bits per heavy atom. The van der Waals surface area contributed by atoms with Crippen molar-refractivity contribution in [2.75, 3.05) is 20.3 Å². The number of sulfonamides is 1. The molecule has 0 fully saturated rings. The zero-order valence-electron chi connectivity index (χ0n) is 54.1. The van der Waals surface area contributed by atoms with Crippen LogP contribution in [0.15, 0.2) is 94.8 Å². The van der Waals surface area contributed by atoms with Gasteiger partial charge < -0.3 is 67.4 Å². The first kappa shape index (κ1) is 73.6. The number of carbonyl (C=O) groups is 9. The number of carboxylic acids is 1. The third-order valence-corrected chi connectivity index (χ3v) is 16.5. The predicted octanol–water partition coefficient (Wildman–Crippen LogP) is 4.26. The van der Waals surface area contributed by atoms with Crippen molar-refractivity contribution < 1.29 is 75.6 Å². The molecule has 500 valence electrons. The van der Waals surface area contributed by atoms with Crippen molar-refractivity contribution in [3.63, 3.8) is 0 Å². The fourth-order valence-corrected chi connectivity index (χ4v) is 11.9. The highest BCUT2D eigenvalue weighted by Gasteiger charge is 2.38. The molecule has 1 aliphatic carbocycles. The fraction of sp³-hybridized carbons (Fsp3) is 0.477. The second kappa shape index (κ2) is 32.8. The maximum atomic E-state index is 14.8. The highest BCUT2D eigenvalue weighted by molar-refractivity contribution is 7.90. The van der Waals surface area contributed by atoms with E-state index in [0.29, 0.717) is 28.0 Å². The molecule has 0 aliphatic heterocycles. The lowest BCUT2D eigenvalue weighted by atomic mass is 9.98. The molecule has 0 radical (unpaired) electrons. The van der Waals surface area contributed by atoms with E-state index in [2.05, 4.69) is 41.6 Å². The van der Waals surface area contributed by atoms with Crippen LogP contribution in [0.25, 0.3) is 11.1 Å². The van der Waals surface area contributed by atoms with E-state index in [4.69, 9.17) is 30.4 Å². The number of benzene rings is 4. The molecule has 4 aromatic carbocycles. The van der Waals surface area contributed by atoms with Crippen molar-refractivity contribution >= 4 is 69.5 Å². The summed E-state index contributed by atoms with van der Waals surface area (Å²) in [4.78, 5) is 128. The van der Waals surface area contributed by atoms with E-state index in [1.165, 1.54) is 21.0 Å². The van der Waals surface area contributed by atoms with Gasteiger partial charge in [0.05, 0.1) is 23.7 Å². The van der Waals surface area contributed by atoms with Crippen LogP contribution in [0.3, 0.4) is 0 Å². The molecule has 4 aromatic rings. The number of alkyl carbamates (subject to hydrolysis) is 1. The van der Waals surface area contributed by atoms with Crippen molar-refractivity contribution in [1.82, 2.24) is 36.6 Å². The van der Waals surface area contributed by atoms with Crippen LogP contribution in [0.1, 0.15) is 133 Å². The molecule has 0 saturated carbocycles. The number of aliphatic carboxylic acids is 1. The zero-order valence-corrected chi connectivity index (χ0v) is 55.0. The van der Waals surface area contributed by atoms with Crippen molar-refractivity contribution in [3.8, 4) is 16.9 Å². The predicted molar refractivity (Wildman–Crippen MR) is 342 cm³/mol. The Morgan fingerprint density at radius 2 is 1.16 bits per heavy atom. The Balaban J connectivity index is 1.38. The first-order chi connectivity index (χ1) is 43.1. The number of aryl methyl sites for hydroxylation is 1. The molecule has 26 nitrogen and oxygen atoms in total. The molecule has 7 atom stereocenters. The van der Waals surface area contributed by atoms with Gasteiger partial charge in [-0.2, -0.15) is 0 Å². The molecule has 27 heteroatoms. The smallest absolute Gasteiger partial charge is 0.407 e. The summed E-state index contributed by atoms with van der Waals surface area (Å²) >= 11 is 0. The molecule has 5 rings (SSSR count). The number of primary amides is 1. The number of ether oxygens (including phenoxy) is 4. The number of fused-ring (bicyclic) bond motifs is 3. The Bertz CT molecular complexity index is 3430. The lowest BCUT2D eigenvalue weighted by molar-refractivity contribution is -0.155. The number of nitrogens with two attached hydrogens (primary N) is 2. The molecule has 0 bridgehead atoms. The fourth-order valence-electron chi connectivity index (χ4n) is 10.4. The summed E-state index contributed by atoms with van der Waals surface area (Å²) in [6.45, 7) is 17.3. The molecular weight excluding hydrogens is 1210 g/mol. The number of aliphatic imine (C=N–C) groups is 1. The topological polar surface area (TPSA) is 394 Å². The van der Waals surface area contributed by atoms with E-state index in [1.54, 1.807) is 98.7 Å². The van der Waals surface area contributed by atoms with Crippen LogP contribution in [-0.4, -0.2) is 147 Å². The summed E-state index contributed by atoms with van der Waals surface area (Å²) in [6.07, 6.45) is -4.47. The average molecular weight is 1300 g/mol. The zero-order chi connectivity index (χ0) is 68.4. The van der Waals surface area contributed by atoms with Crippen molar-refractivity contribution in [2.24, 2.45) is 16.5 Å². The number of carboxylic acid groups (broad SMARTS) is 1. The number of hydrogen-bond donors (Lipinski definition) is 10. The van der Waals surface area contributed by atoms with Crippen LogP contribution in [-0.2, 0) is 69.0 Å². The second-order valence-electron chi connectivity index (χ2n) is 24.5. The van der Waals surface area contributed by atoms with Gasteiger partial charge in [-0.15, -0.1) is 0 Å². The minimum atomic E-state index is -4.29. The third kappa shape index (κ3) is 21.8. The van der Waals surface area contributed by atoms with E-state index in [9.17, 15) is 56.7 Å². The van der Waals surface area contributed by atoms with Crippen LogP contribution >= 0.6 is 0 Å². The van der Waals surface area contributed by atoms with Crippen molar-refractivity contribution in [3.05, 3.63) is 118 Å². The SMILES string of the molecule is COc1cc(C)c(S(=O)(=O)NC(N)=NCCCC(NC(=O)C(CCC(N)=O)NC(=O)C(NC(=O)C(CCC(=O)OC(C)(C)C)NC(=O)C(C)NC(=O)OCC2c3ccccc3-c3ccccc32)C(C)OC(C)(C)C)C(=O)NC(Cc2ccccc2)C(=O)O)c(C)c1C. The number of guanidine groups is 1. The van der Waals surface area contributed by atoms with Gasteiger partial charge in [-0.1, -0.05) is 78.9 Å². The van der Waals surface area contributed by atoms with Gasteiger partial charge in [-0.3, -0.25) is 38.6 Å². The van der Waals surface area contributed by atoms with Gasteiger partial charge in [0.1, 0.15) is 54.2 Å². The number of methoxy groups -OCH3 is 1. The first-order valence-electron chi connectivity index (χ1n) is 30.1. The molecular formula is C65H88N10O16S. The number of amides is 7. The normalized spacial score (nSPS) is 14.6. The molecule has 7 unspecified atom stereocenters. The number of esters is 1. The highest BCUT2D eigenvalue weighted by Crippen LogP contribution is 2.44. The van der Waals surface area contributed by atoms with Crippen molar-refractivity contribution in [2.45, 2.75) is 185 Å². The summed E-state index contributed by atoms with van der Waals surface area (Å²) in [5, 5.41) is 25.5. The standard InChI is InChI=1S/C65H88N10O16S/c1-36-33-51(88-12)37(2)38(3)55(36)92(86,87)75-62(67)68-32-20-27-47(57(79)73-50(61(83)84)34-41-21-14-13-15-22-41)71-58(80)48(28-30-52(66)76)72-60(82)54(40(5)90-64(6,7)8)74-59(81)49(29-31-53(77)91-65(9,10)11)70-56(78)39(4)69-63(85)89-35-46-44-25-18-16-23-42(44)43-24-17-19-26-45(43)46/h13-19,21-26,33,39-40,46-50,54H,20,27-32,34-35H2,1-12H3,(H2,66,76)(H,69,85)(H,70,78)(H,71,80)(H,72,82)(H,73,79)(H,74,81)(H,83,84)(H3,67,68,75). The molecule has 0 saturated heterocycles. The molecule has 12 N–H and O–H groups in total. The molecule has 0 heterocycles. The molecule has 1 aliphatic rings. The van der Waals surface area contributed by atoms with Crippen LogP contribution in [0.2, 0.25) is 0 Å². The Hall–Kier alpha value is -9.11. The summed E-state index contributed by atoms with van der Waals surface area (Å²) < 4.78 is 52.2. The molecule has 92 heavy (non-hydrogen) atoms. The van der Waals surface area contributed by atoms with Crippen LogP contribution in [0, 0.1) is 20.8 Å². The van der Waals surface area contributed by atoms with Crippen LogP contribution < -0.4 is 52.8 Å². The summed E-state index contributed by atoms with van der Waals surface area (Å²) in [7, 11) is -2.83. The number of rotatable bonds is 31. The maximum Gasteiger partial charge on any atom is 0.407 e. The number of hydrogen-bond acceptors (Lipinski definition) is 16. The first-order valence-corrected chi connectivity index (χ1v) is 31.6. The van der Waals surface area contributed by atoms with Gasteiger partial charge in [0, 0.05) is 31.7 Å². The lowest BCUT2D eigenvalue weighted by Crippen LogP contribution is -2.62. The highest BCUT2D eigenvalue weighted by atomic mass is 32.2. The number of nitrogens with one attached hydrogen (secondary N) is 7. The van der Waals surface area contributed by atoms with Gasteiger partial charge in [0.25, 0.3) is 10.0 Å². The molecule has 0 spiro atoms.